The molecule has 0 aliphatic heterocycles. The Hall–Kier alpha value is -0.460. The summed E-state index contributed by atoms with van der Waals surface area (Å²) >= 11 is 0. The summed E-state index contributed by atoms with van der Waals surface area (Å²) in [5.41, 5.74) is 0. The van der Waals surface area contributed by atoms with E-state index >= 15 is 0 Å². The maximum Gasteiger partial charge on any atom is 0.214 e. The molecule has 3 atom stereocenters. The maximum absolute atomic E-state index is 9.29. The standard InChI is InChI=1S/C9H19NO4/c1-3-5-14-9(13)10-7(4-2)8(12)6-11/h3,7-13H,1,4-6H2,2H3/t7-,8?,9?/m0/s1. The van der Waals surface area contributed by atoms with E-state index in [0.717, 1.165) is 0 Å². The van der Waals surface area contributed by atoms with E-state index in [2.05, 4.69) is 11.9 Å². The van der Waals surface area contributed by atoms with Crippen LogP contribution in [0, 0.1) is 0 Å². The van der Waals surface area contributed by atoms with Crippen LogP contribution in [0.2, 0.25) is 0 Å². The SMILES string of the molecule is C=CCOC(O)N[C@@H](CC)C(O)CO. The van der Waals surface area contributed by atoms with Crippen LogP contribution >= 0.6 is 0 Å². The normalized spacial score (nSPS) is 17.4. The van der Waals surface area contributed by atoms with Gasteiger partial charge in [0.2, 0.25) is 6.41 Å². The van der Waals surface area contributed by atoms with Crippen molar-refractivity contribution in [3.05, 3.63) is 12.7 Å². The van der Waals surface area contributed by atoms with Gasteiger partial charge in [0.25, 0.3) is 0 Å². The Kier molecular flexibility index (Phi) is 7.64. The van der Waals surface area contributed by atoms with Crippen LogP contribution in [-0.2, 0) is 4.74 Å². The van der Waals surface area contributed by atoms with E-state index in [-0.39, 0.29) is 19.3 Å². The number of aliphatic hydroxyl groups is 3. The molecule has 0 aliphatic carbocycles. The van der Waals surface area contributed by atoms with Crippen LogP contribution in [0.5, 0.6) is 0 Å². The molecule has 0 aliphatic rings. The van der Waals surface area contributed by atoms with Crippen molar-refractivity contribution in [1.82, 2.24) is 5.32 Å². The summed E-state index contributed by atoms with van der Waals surface area (Å²) in [6, 6.07) is -0.389. The van der Waals surface area contributed by atoms with Gasteiger partial charge in [-0.1, -0.05) is 13.0 Å². The lowest BCUT2D eigenvalue weighted by molar-refractivity contribution is -0.125. The Morgan fingerprint density at radius 2 is 2.14 bits per heavy atom. The van der Waals surface area contributed by atoms with Crippen molar-refractivity contribution < 1.29 is 20.1 Å². The van der Waals surface area contributed by atoms with E-state index in [1.807, 2.05) is 6.92 Å². The molecule has 0 rings (SSSR count). The van der Waals surface area contributed by atoms with E-state index in [1.165, 1.54) is 6.08 Å². The Morgan fingerprint density at radius 1 is 1.50 bits per heavy atom. The minimum atomic E-state index is -1.15. The zero-order valence-electron chi connectivity index (χ0n) is 8.39. The maximum atomic E-state index is 9.29. The molecule has 0 aromatic heterocycles. The van der Waals surface area contributed by atoms with Gasteiger partial charge in [-0.15, -0.1) is 6.58 Å². The largest absolute Gasteiger partial charge is 0.394 e. The first kappa shape index (κ1) is 13.5. The number of rotatable bonds is 8. The van der Waals surface area contributed by atoms with Gasteiger partial charge in [-0.05, 0) is 6.42 Å². The summed E-state index contributed by atoms with van der Waals surface area (Å²) in [7, 11) is 0. The average molecular weight is 205 g/mol. The monoisotopic (exact) mass is 205 g/mol. The fraction of sp³-hybridized carbons (Fsp3) is 0.778. The highest BCUT2D eigenvalue weighted by molar-refractivity contribution is 4.73. The molecule has 0 fully saturated rings. The average Bonchev–Trinajstić information content (AvgIpc) is 2.21. The molecule has 0 bridgehead atoms. The third-order valence-electron chi connectivity index (χ3n) is 1.82. The Bertz CT molecular complexity index is 154. The molecule has 0 aromatic rings. The molecule has 2 unspecified atom stereocenters. The minimum Gasteiger partial charge on any atom is -0.394 e. The van der Waals surface area contributed by atoms with Gasteiger partial charge < -0.3 is 20.1 Å². The molecule has 0 radical (unpaired) electrons. The van der Waals surface area contributed by atoms with Crippen LogP contribution in [0.25, 0.3) is 0 Å². The van der Waals surface area contributed by atoms with Crippen LogP contribution in [0.3, 0.4) is 0 Å². The van der Waals surface area contributed by atoms with Crippen molar-refractivity contribution >= 4 is 0 Å². The van der Waals surface area contributed by atoms with Crippen molar-refractivity contribution in [3.63, 3.8) is 0 Å². The lowest BCUT2D eigenvalue weighted by Crippen LogP contribution is -2.47. The summed E-state index contributed by atoms with van der Waals surface area (Å²) in [6.45, 7) is 5.13. The van der Waals surface area contributed by atoms with Crippen molar-refractivity contribution in [3.8, 4) is 0 Å². The summed E-state index contributed by atoms with van der Waals surface area (Å²) in [5, 5.41) is 29.9. The van der Waals surface area contributed by atoms with E-state index in [9.17, 15) is 10.2 Å². The summed E-state index contributed by atoms with van der Waals surface area (Å²) in [4.78, 5) is 0. The topological polar surface area (TPSA) is 82.0 Å². The van der Waals surface area contributed by atoms with Crippen molar-refractivity contribution in [1.29, 1.82) is 0 Å². The molecule has 5 nitrogen and oxygen atoms in total. The van der Waals surface area contributed by atoms with Crippen LogP contribution in [0.4, 0.5) is 0 Å². The molecule has 0 amide bonds. The van der Waals surface area contributed by atoms with Gasteiger partial charge in [0.1, 0.15) is 0 Å². The molecule has 0 saturated heterocycles. The zero-order valence-corrected chi connectivity index (χ0v) is 8.39. The predicted octanol–water partition coefficient (Wildman–Crippen LogP) is -0.814. The van der Waals surface area contributed by atoms with Gasteiger partial charge in [0, 0.05) is 6.04 Å². The molecule has 0 spiro atoms. The van der Waals surface area contributed by atoms with E-state index in [0.29, 0.717) is 6.42 Å². The predicted molar refractivity (Wildman–Crippen MR) is 52.5 cm³/mol. The van der Waals surface area contributed by atoms with Gasteiger partial charge in [0.05, 0.1) is 19.3 Å². The summed E-state index contributed by atoms with van der Waals surface area (Å²) in [6.07, 6.45) is 0.0333. The van der Waals surface area contributed by atoms with E-state index in [1.54, 1.807) is 0 Å². The lowest BCUT2D eigenvalue weighted by atomic mass is 10.1. The molecule has 0 aromatic carbocycles. The second kappa shape index (κ2) is 7.90. The number of ether oxygens (including phenoxy) is 1. The molecule has 84 valence electrons. The molecule has 4 N–H and O–H groups in total. The van der Waals surface area contributed by atoms with Gasteiger partial charge in [-0.2, -0.15) is 0 Å². The highest BCUT2D eigenvalue weighted by Crippen LogP contribution is 1.99. The molecule has 5 heteroatoms. The number of hydrogen-bond donors (Lipinski definition) is 4. The van der Waals surface area contributed by atoms with Crippen molar-refractivity contribution in [2.75, 3.05) is 13.2 Å². The Morgan fingerprint density at radius 3 is 2.57 bits per heavy atom. The zero-order chi connectivity index (χ0) is 11.0. The fourth-order valence-electron chi connectivity index (χ4n) is 1.02. The highest BCUT2D eigenvalue weighted by atomic mass is 16.6. The van der Waals surface area contributed by atoms with Gasteiger partial charge in [-0.25, -0.2) is 0 Å². The number of nitrogens with one attached hydrogen (secondary N) is 1. The first-order valence-electron chi connectivity index (χ1n) is 4.61. The summed E-state index contributed by atoms with van der Waals surface area (Å²) < 4.78 is 4.85. The number of aliphatic hydroxyl groups excluding tert-OH is 3. The Balaban J connectivity index is 3.84. The van der Waals surface area contributed by atoms with Crippen molar-refractivity contribution in [2.45, 2.75) is 31.9 Å². The van der Waals surface area contributed by atoms with Crippen LogP contribution in [-0.4, -0.2) is 47.1 Å². The first-order chi connectivity index (χ1) is 6.65. The second-order valence-corrected chi connectivity index (χ2v) is 2.91. The number of hydrogen-bond acceptors (Lipinski definition) is 5. The van der Waals surface area contributed by atoms with E-state index < -0.39 is 12.5 Å². The van der Waals surface area contributed by atoms with Gasteiger partial charge >= 0.3 is 0 Å². The molecular weight excluding hydrogens is 186 g/mol. The highest BCUT2D eigenvalue weighted by Gasteiger charge is 2.18. The van der Waals surface area contributed by atoms with Crippen LogP contribution in [0.15, 0.2) is 12.7 Å². The van der Waals surface area contributed by atoms with Gasteiger partial charge in [0.15, 0.2) is 0 Å². The Labute approximate surface area is 84.0 Å². The molecular formula is C9H19NO4. The fourth-order valence-corrected chi connectivity index (χ4v) is 1.02. The first-order valence-corrected chi connectivity index (χ1v) is 4.61. The third kappa shape index (κ3) is 5.31. The van der Waals surface area contributed by atoms with Gasteiger partial charge in [-0.3, -0.25) is 5.32 Å². The lowest BCUT2D eigenvalue weighted by Gasteiger charge is -2.24. The quantitative estimate of drug-likeness (QED) is 0.308. The molecule has 0 heterocycles. The second-order valence-electron chi connectivity index (χ2n) is 2.91. The van der Waals surface area contributed by atoms with Crippen LogP contribution < -0.4 is 5.32 Å². The third-order valence-corrected chi connectivity index (χ3v) is 1.82. The smallest absolute Gasteiger partial charge is 0.214 e. The van der Waals surface area contributed by atoms with Crippen molar-refractivity contribution in [2.24, 2.45) is 0 Å². The van der Waals surface area contributed by atoms with E-state index in [4.69, 9.17) is 9.84 Å². The molecule has 0 saturated carbocycles. The minimum absolute atomic E-state index is 0.222. The summed E-state index contributed by atoms with van der Waals surface area (Å²) in [5.74, 6) is 0. The molecule has 14 heavy (non-hydrogen) atoms. The van der Waals surface area contributed by atoms with Crippen LogP contribution in [0.1, 0.15) is 13.3 Å².